The molecule has 2 N–H and O–H groups in total. The Bertz CT molecular complexity index is 653. The van der Waals surface area contributed by atoms with Gasteiger partial charge < -0.3 is 5.73 Å². The molecule has 0 unspecified atom stereocenters. The molecule has 1 aromatic heterocycles. The monoisotopic (exact) mass is 305 g/mol. The molecule has 0 radical (unpaired) electrons. The molecule has 0 fully saturated rings. The number of aromatic nitrogens is 2. The number of nitrogens with two attached hydrogens (primary N) is 1. The lowest BCUT2D eigenvalue weighted by Gasteiger charge is -2.11. The average Bonchev–Trinajstić information content (AvgIpc) is 2.69. The fraction of sp³-hybridized carbons (Fsp3) is 0.375. The van der Waals surface area contributed by atoms with Crippen molar-refractivity contribution in [3.8, 4) is 0 Å². The third-order valence-electron chi connectivity index (χ3n) is 3.91. The van der Waals surface area contributed by atoms with Crippen LogP contribution in [0, 0.1) is 5.82 Å². The summed E-state index contributed by atoms with van der Waals surface area (Å²) < 4.78 is 13.9. The third kappa shape index (κ3) is 3.00. The lowest BCUT2D eigenvalue weighted by atomic mass is 10.1. The first-order chi connectivity index (χ1) is 10.1. The molecule has 1 aromatic carbocycles. The van der Waals surface area contributed by atoms with Crippen molar-refractivity contribution < 1.29 is 4.39 Å². The number of halogens is 2. The van der Waals surface area contributed by atoms with E-state index in [1.165, 1.54) is 12.5 Å². The third-order valence-corrected chi connectivity index (χ3v) is 4.26. The van der Waals surface area contributed by atoms with Crippen LogP contribution in [0.15, 0.2) is 18.2 Å². The van der Waals surface area contributed by atoms with Crippen molar-refractivity contribution in [1.82, 2.24) is 9.97 Å². The predicted molar refractivity (Wildman–Crippen MR) is 81.9 cm³/mol. The van der Waals surface area contributed by atoms with Gasteiger partial charge in [0.25, 0.3) is 0 Å². The summed E-state index contributed by atoms with van der Waals surface area (Å²) in [5, 5.41) is 0.395. The summed E-state index contributed by atoms with van der Waals surface area (Å²) in [4.78, 5) is 8.94. The fourth-order valence-electron chi connectivity index (χ4n) is 2.79. The number of nitrogens with zero attached hydrogens (tertiary/aromatic N) is 2. The van der Waals surface area contributed by atoms with E-state index in [9.17, 15) is 4.39 Å². The normalized spacial score (nSPS) is 14.6. The predicted octanol–water partition coefficient (Wildman–Crippen LogP) is 3.71. The molecule has 0 saturated heterocycles. The van der Waals surface area contributed by atoms with Gasteiger partial charge in [-0.1, -0.05) is 24.1 Å². The van der Waals surface area contributed by atoms with Gasteiger partial charge in [-0.25, -0.2) is 14.4 Å². The Hall–Kier alpha value is -1.68. The van der Waals surface area contributed by atoms with Crippen molar-refractivity contribution >= 4 is 17.4 Å². The largest absolute Gasteiger partial charge is 0.383 e. The van der Waals surface area contributed by atoms with Crippen LogP contribution in [0.4, 0.5) is 10.2 Å². The van der Waals surface area contributed by atoms with E-state index in [-0.39, 0.29) is 12.2 Å². The Labute approximate surface area is 128 Å². The molecule has 0 aliphatic heterocycles. The number of rotatable bonds is 2. The van der Waals surface area contributed by atoms with E-state index in [1.54, 1.807) is 12.1 Å². The van der Waals surface area contributed by atoms with Crippen LogP contribution in [0.5, 0.6) is 0 Å². The fourth-order valence-corrected chi connectivity index (χ4v) is 3.02. The topological polar surface area (TPSA) is 51.8 Å². The number of hydrogen-bond acceptors (Lipinski definition) is 3. The minimum atomic E-state index is -0.334. The summed E-state index contributed by atoms with van der Waals surface area (Å²) in [6, 6.07) is 4.66. The molecule has 3 nitrogen and oxygen atoms in total. The van der Waals surface area contributed by atoms with Crippen LogP contribution in [0.1, 0.15) is 41.9 Å². The van der Waals surface area contributed by atoms with Crippen molar-refractivity contribution in [3.05, 3.63) is 51.7 Å². The summed E-state index contributed by atoms with van der Waals surface area (Å²) in [7, 11) is 0. The van der Waals surface area contributed by atoms with Crippen LogP contribution in [-0.4, -0.2) is 9.97 Å². The molecule has 0 bridgehead atoms. The van der Waals surface area contributed by atoms with Gasteiger partial charge in [-0.2, -0.15) is 0 Å². The Morgan fingerprint density at radius 2 is 1.95 bits per heavy atom. The van der Waals surface area contributed by atoms with Gasteiger partial charge in [-0.05, 0) is 37.8 Å². The first-order valence-electron chi connectivity index (χ1n) is 7.22. The minimum Gasteiger partial charge on any atom is -0.383 e. The van der Waals surface area contributed by atoms with Crippen molar-refractivity contribution in [2.75, 3.05) is 5.73 Å². The highest BCUT2D eigenvalue weighted by Gasteiger charge is 2.16. The Morgan fingerprint density at radius 1 is 1.14 bits per heavy atom. The van der Waals surface area contributed by atoms with Crippen molar-refractivity contribution in [3.63, 3.8) is 0 Å². The van der Waals surface area contributed by atoms with Crippen molar-refractivity contribution in [2.45, 2.75) is 38.5 Å². The Balaban J connectivity index is 1.97. The second-order valence-electron chi connectivity index (χ2n) is 5.39. The van der Waals surface area contributed by atoms with Gasteiger partial charge in [0.05, 0.1) is 0 Å². The van der Waals surface area contributed by atoms with Gasteiger partial charge in [0.15, 0.2) is 0 Å². The van der Waals surface area contributed by atoms with Crippen LogP contribution in [0.2, 0.25) is 5.02 Å². The van der Waals surface area contributed by atoms with Gasteiger partial charge in [0.1, 0.15) is 17.5 Å². The van der Waals surface area contributed by atoms with Gasteiger partial charge >= 0.3 is 0 Å². The number of hydrogen-bond donors (Lipinski definition) is 1. The zero-order valence-electron chi connectivity index (χ0n) is 11.7. The lowest BCUT2D eigenvalue weighted by molar-refractivity contribution is 0.612. The molecule has 0 spiro atoms. The molecule has 110 valence electrons. The molecule has 2 aromatic rings. The SMILES string of the molecule is Nc1nc(Cc2c(F)cccc2Cl)nc2c1CCCCC2. The quantitative estimate of drug-likeness (QED) is 0.861. The highest BCUT2D eigenvalue weighted by molar-refractivity contribution is 6.31. The Kier molecular flexibility index (Phi) is 4.06. The maximum atomic E-state index is 13.9. The van der Waals surface area contributed by atoms with Crippen molar-refractivity contribution in [1.29, 1.82) is 0 Å². The van der Waals surface area contributed by atoms with Crippen molar-refractivity contribution in [2.24, 2.45) is 0 Å². The molecular formula is C16H17ClFN3. The summed E-state index contributed by atoms with van der Waals surface area (Å²) in [5.74, 6) is 0.740. The number of benzene rings is 1. The van der Waals surface area contributed by atoms with Gasteiger partial charge in [0.2, 0.25) is 0 Å². The highest BCUT2D eigenvalue weighted by Crippen LogP contribution is 2.25. The number of anilines is 1. The van der Waals surface area contributed by atoms with Crippen LogP contribution in [-0.2, 0) is 19.3 Å². The van der Waals surface area contributed by atoms with E-state index in [1.807, 2.05) is 0 Å². The van der Waals surface area contributed by atoms with E-state index < -0.39 is 0 Å². The molecule has 1 aliphatic rings. The van der Waals surface area contributed by atoms with E-state index in [0.29, 0.717) is 22.2 Å². The summed E-state index contributed by atoms with van der Waals surface area (Å²) >= 11 is 6.06. The molecule has 21 heavy (non-hydrogen) atoms. The van der Waals surface area contributed by atoms with E-state index in [2.05, 4.69) is 9.97 Å². The molecule has 1 heterocycles. The summed E-state index contributed by atoms with van der Waals surface area (Å²) in [6.45, 7) is 0. The van der Waals surface area contributed by atoms with Gasteiger partial charge in [-0.15, -0.1) is 0 Å². The van der Waals surface area contributed by atoms with E-state index in [4.69, 9.17) is 17.3 Å². The Morgan fingerprint density at radius 3 is 2.76 bits per heavy atom. The molecular weight excluding hydrogens is 289 g/mol. The molecule has 3 rings (SSSR count). The first kappa shape index (κ1) is 14.3. The standard InChI is InChI=1S/C16H17ClFN3/c17-12-6-4-7-13(18)11(12)9-15-20-14-8-3-1-2-5-10(14)16(19)21-15/h4,6-7H,1-3,5,8-9H2,(H2,19,20,21). The van der Waals surface area contributed by atoms with Crippen LogP contribution in [0.3, 0.4) is 0 Å². The molecule has 0 amide bonds. The molecule has 1 aliphatic carbocycles. The minimum absolute atomic E-state index is 0.267. The lowest BCUT2D eigenvalue weighted by Crippen LogP contribution is -2.09. The molecule has 0 saturated carbocycles. The van der Waals surface area contributed by atoms with Crippen LogP contribution in [0.25, 0.3) is 0 Å². The molecule has 5 heteroatoms. The second-order valence-corrected chi connectivity index (χ2v) is 5.80. The summed E-state index contributed by atoms with van der Waals surface area (Å²) in [5.41, 5.74) is 8.57. The van der Waals surface area contributed by atoms with Crippen LogP contribution >= 0.6 is 11.6 Å². The van der Waals surface area contributed by atoms with Crippen LogP contribution < -0.4 is 5.73 Å². The second kappa shape index (κ2) is 5.98. The number of nitrogen functional groups attached to an aromatic ring is 1. The highest BCUT2D eigenvalue weighted by atomic mass is 35.5. The van der Waals surface area contributed by atoms with E-state index >= 15 is 0 Å². The van der Waals surface area contributed by atoms with Gasteiger partial charge in [-0.3, -0.25) is 0 Å². The number of aryl methyl sites for hydroxylation is 1. The zero-order valence-corrected chi connectivity index (χ0v) is 12.5. The average molecular weight is 306 g/mol. The number of fused-ring (bicyclic) bond motifs is 1. The zero-order chi connectivity index (χ0) is 14.8. The molecule has 0 atom stereocenters. The smallest absolute Gasteiger partial charge is 0.135 e. The summed E-state index contributed by atoms with van der Waals surface area (Å²) in [6.07, 6.45) is 5.54. The maximum absolute atomic E-state index is 13.9. The maximum Gasteiger partial charge on any atom is 0.135 e. The van der Waals surface area contributed by atoms with Gasteiger partial charge in [0, 0.05) is 28.3 Å². The van der Waals surface area contributed by atoms with E-state index in [0.717, 1.165) is 36.9 Å². The first-order valence-corrected chi connectivity index (χ1v) is 7.60.